The number of hydrogen-bond acceptors (Lipinski definition) is 4. The molecule has 0 unspecified atom stereocenters. The molecular weight excluding hydrogens is 337 g/mol. The zero-order chi connectivity index (χ0) is 14.5. The number of halogens is 4. The van der Waals surface area contributed by atoms with Crippen molar-refractivity contribution in [1.82, 2.24) is 10.2 Å². The first-order valence-corrected chi connectivity index (χ1v) is 6.59. The topological polar surface area (TPSA) is 41.6 Å². The number of rotatable bonds is 4. The van der Waals surface area contributed by atoms with Crippen LogP contribution < -0.4 is 10.1 Å². The molecule has 1 atom stereocenters. The second-order valence-electron chi connectivity index (χ2n) is 4.73. The molecule has 1 aliphatic rings. The molecule has 8 heteroatoms. The number of carbonyl (C=O) groups is 1. The van der Waals surface area contributed by atoms with Crippen molar-refractivity contribution in [1.29, 1.82) is 0 Å². The van der Waals surface area contributed by atoms with Gasteiger partial charge < -0.3 is 10.1 Å². The summed E-state index contributed by atoms with van der Waals surface area (Å²) < 4.78 is 31.6. The number of piperazine rings is 1. The van der Waals surface area contributed by atoms with Gasteiger partial charge in [0.15, 0.2) is 0 Å². The standard InChI is InChI=1S/C14H18F2N2O2.2ClH/c1-10(19)20-12-4-2-11(3-5-12)13(14(15)16)18-8-6-17-7-9-18;;/h2-5,13-14,17H,6-9H2,1H3;2*1H/t13-;;/m1../s1. The molecule has 4 nitrogen and oxygen atoms in total. The van der Waals surface area contributed by atoms with Crippen molar-refractivity contribution in [3.63, 3.8) is 0 Å². The van der Waals surface area contributed by atoms with Crippen LogP contribution in [0.5, 0.6) is 5.75 Å². The number of benzene rings is 1. The molecule has 0 aliphatic carbocycles. The maximum atomic E-state index is 13.3. The van der Waals surface area contributed by atoms with Crippen LogP contribution in [0.15, 0.2) is 24.3 Å². The Bertz CT molecular complexity index is 455. The molecule has 1 N–H and O–H groups in total. The maximum absolute atomic E-state index is 13.3. The Morgan fingerprint density at radius 1 is 1.18 bits per heavy atom. The molecule has 0 bridgehead atoms. The quantitative estimate of drug-likeness (QED) is 0.665. The fourth-order valence-electron chi connectivity index (χ4n) is 2.37. The van der Waals surface area contributed by atoms with Crippen LogP contribution in [-0.2, 0) is 4.79 Å². The molecule has 0 radical (unpaired) electrons. The van der Waals surface area contributed by atoms with Gasteiger partial charge in [0, 0.05) is 33.1 Å². The lowest BCUT2D eigenvalue weighted by Gasteiger charge is -2.34. The van der Waals surface area contributed by atoms with E-state index in [9.17, 15) is 13.6 Å². The first-order chi connectivity index (χ1) is 9.58. The van der Waals surface area contributed by atoms with Crippen molar-refractivity contribution >= 4 is 30.8 Å². The second kappa shape index (κ2) is 9.94. The highest BCUT2D eigenvalue weighted by Crippen LogP contribution is 2.29. The molecule has 1 saturated heterocycles. The van der Waals surface area contributed by atoms with Gasteiger partial charge in [-0.3, -0.25) is 9.69 Å². The third kappa shape index (κ3) is 5.68. The molecule has 2 rings (SSSR count). The van der Waals surface area contributed by atoms with Gasteiger partial charge in [0.05, 0.1) is 6.04 Å². The molecule has 0 spiro atoms. The predicted octanol–water partition coefficient (Wildman–Crippen LogP) is 2.67. The summed E-state index contributed by atoms with van der Waals surface area (Å²) in [5, 5.41) is 3.15. The van der Waals surface area contributed by atoms with E-state index in [2.05, 4.69) is 5.32 Å². The average molecular weight is 357 g/mol. The number of hydrogen-bond donors (Lipinski definition) is 1. The van der Waals surface area contributed by atoms with Gasteiger partial charge in [-0.15, -0.1) is 24.8 Å². The van der Waals surface area contributed by atoms with Gasteiger partial charge in [0.2, 0.25) is 0 Å². The van der Waals surface area contributed by atoms with Gasteiger partial charge in [-0.2, -0.15) is 0 Å². The van der Waals surface area contributed by atoms with E-state index in [0.717, 1.165) is 13.1 Å². The Labute approximate surface area is 141 Å². The third-order valence-electron chi connectivity index (χ3n) is 3.27. The number of alkyl halides is 2. The van der Waals surface area contributed by atoms with Gasteiger partial charge >= 0.3 is 5.97 Å². The lowest BCUT2D eigenvalue weighted by atomic mass is 10.0. The van der Waals surface area contributed by atoms with E-state index in [4.69, 9.17) is 4.74 Å². The minimum Gasteiger partial charge on any atom is -0.427 e. The molecule has 1 fully saturated rings. The van der Waals surface area contributed by atoms with Crippen LogP contribution in [-0.4, -0.2) is 43.5 Å². The molecule has 0 aromatic heterocycles. The van der Waals surface area contributed by atoms with Gasteiger partial charge in [0.1, 0.15) is 5.75 Å². The van der Waals surface area contributed by atoms with Crippen molar-refractivity contribution in [3.8, 4) is 5.75 Å². The van der Waals surface area contributed by atoms with Crippen molar-refractivity contribution in [2.24, 2.45) is 0 Å². The third-order valence-corrected chi connectivity index (χ3v) is 3.27. The second-order valence-corrected chi connectivity index (χ2v) is 4.73. The Morgan fingerprint density at radius 3 is 2.18 bits per heavy atom. The predicted molar refractivity (Wildman–Crippen MR) is 85.4 cm³/mol. The van der Waals surface area contributed by atoms with Gasteiger partial charge in [-0.25, -0.2) is 8.78 Å². The fraction of sp³-hybridized carbons (Fsp3) is 0.500. The van der Waals surface area contributed by atoms with Gasteiger partial charge in [-0.1, -0.05) is 12.1 Å². The SMILES string of the molecule is CC(=O)Oc1ccc([C@H](C(F)F)N2CCNCC2)cc1.Cl.Cl. The molecule has 126 valence electrons. The molecule has 1 aliphatic heterocycles. The van der Waals surface area contributed by atoms with Gasteiger partial charge in [0.25, 0.3) is 6.43 Å². The molecule has 22 heavy (non-hydrogen) atoms. The van der Waals surface area contributed by atoms with Crippen molar-refractivity contribution in [3.05, 3.63) is 29.8 Å². The summed E-state index contributed by atoms with van der Waals surface area (Å²) in [6.07, 6.45) is -2.45. The Morgan fingerprint density at radius 2 is 1.73 bits per heavy atom. The summed E-state index contributed by atoms with van der Waals surface area (Å²) in [5.74, 6) is -0.0557. The number of nitrogens with one attached hydrogen (secondary N) is 1. The number of carbonyl (C=O) groups excluding carboxylic acids is 1. The lowest BCUT2D eigenvalue weighted by molar-refractivity contribution is -0.131. The van der Waals surface area contributed by atoms with Crippen molar-refractivity contribution in [2.45, 2.75) is 19.4 Å². The van der Waals surface area contributed by atoms with Crippen LogP contribution in [0.4, 0.5) is 8.78 Å². The first kappa shape index (κ1) is 21.0. The van der Waals surface area contributed by atoms with E-state index in [1.54, 1.807) is 29.2 Å². The van der Waals surface area contributed by atoms with E-state index in [1.807, 2.05) is 0 Å². The first-order valence-electron chi connectivity index (χ1n) is 6.59. The van der Waals surface area contributed by atoms with Crippen LogP contribution in [0.2, 0.25) is 0 Å². The van der Waals surface area contributed by atoms with Crippen LogP contribution in [0.1, 0.15) is 18.5 Å². The summed E-state index contributed by atoms with van der Waals surface area (Å²) in [6, 6.07) is 5.38. The highest BCUT2D eigenvalue weighted by atomic mass is 35.5. The fourth-order valence-corrected chi connectivity index (χ4v) is 2.37. The van der Waals surface area contributed by atoms with E-state index in [1.165, 1.54) is 6.92 Å². The maximum Gasteiger partial charge on any atom is 0.308 e. The van der Waals surface area contributed by atoms with E-state index in [0.29, 0.717) is 24.4 Å². The largest absolute Gasteiger partial charge is 0.427 e. The highest BCUT2D eigenvalue weighted by Gasteiger charge is 2.29. The molecule has 0 amide bonds. The van der Waals surface area contributed by atoms with Crippen LogP contribution in [0.25, 0.3) is 0 Å². The Hall–Kier alpha value is -0.950. The number of ether oxygens (including phenoxy) is 1. The number of esters is 1. The summed E-state index contributed by atoms with van der Waals surface area (Å²) in [5.41, 5.74) is 0.540. The molecule has 1 aromatic rings. The minimum atomic E-state index is -2.45. The monoisotopic (exact) mass is 356 g/mol. The zero-order valence-corrected chi connectivity index (χ0v) is 13.8. The van der Waals surface area contributed by atoms with E-state index < -0.39 is 18.4 Å². The molecule has 1 aromatic carbocycles. The summed E-state index contributed by atoms with van der Waals surface area (Å²) in [6.45, 7) is 3.93. The van der Waals surface area contributed by atoms with E-state index >= 15 is 0 Å². The average Bonchev–Trinajstić information content (AvgIpc) is 2.41. The van der Waals surface area contributed by atoms with E-state index in [-0.39, 0.29) is 24.8 Å². The number of nitrogens with zero attached hydrogens (tertiary/aromatic N) is 1. The van der Waals surface area contributed by atoms with Crippen molar-refractivity contribution < 1.29 is 18.3 Å². The summed E-state index contributed by atoms with van der Waals surface area (Å²) in [4.78, 5) is 12.6. The molecule has 0 saturated carbocycles. The Balaban J connectivity index is 0.00000220. The molecule has 1 heterocycles. The lowest BCUT2D eigenvalue weighted by Crippen LogP contribution is -2.46. The zero-order valence-electron chi connectivity index (χ0n) is 12.1. The highest BCUT2D eigenvalue weighted by molar-refractivity contribution is 5.85. The molecular formula is C14H20Cl2F2N2O2. The van der Waals surface area contributed by atoms with Crippen LogP contribution >= 0.6 is 24.8 Å². The normalized spacial score (nSPS) is 16.4. The van der Waals surface area contributed by atoms with Crippen molar-refractivity contribution in [2.75, 3.05) is 26.2 Å². The smallest absolute Gasteiger partial charge is 0.308 e. The van der Waals surface area contributed by atoms with Crippen LogP contribution in [0.3, 0.4) is 0 Å². The van der Waals surface area contributed by atoms with Gasteiger partial charge in [-0.05, 0) is 17.7 Å². The summed E-state index contributed by atoms with van der Waals surface area (Å²) in [7, 11) is 0. The minimum absolute atomic E-state index is 0. The van der Waals surface area contributed by atoms with Crippen LogP contribution in [0, 0.1) is 0 Å². The summed E-state index contributed by atoms with van der Waals surface area (Å²) >= 11 is 0. The Kier molecular flexibility index (Phi) is 9.51.